The van der Waals surface area contributed by atoms with Gasteiger partial charge in [-0.3, -0.25) is 4.79 Å². The van der Waals surface area contributed by atoms with Gasteiger partial charge in [-0.1, -0.05) is 67.1 Å². The molecule has 0 fully saturated rings. The van der Waals surface area contributed by atoms with Crippen LogP contribution in [0.15, 0.2) is 66.2 Å². The van der Waals surface area contributed by atoms with Crippen molar-refractivity contribution in [2.75, 3.05) is 6.61 Å². The quantitative estimate of drug-likeness (QED) is 0.436. The first-order chi connectivity index (χ1) is 13.6. The van der Waals surface area contributed by atoms with Crippen LogP contribution in [0.25, 0.3) is 0 Å². The van der Waals surface area contributed by atoms with Gasteiger partial charge >= 0.3 is 5.97 Å². The topological polar surface area (TPSA) is 39.2 Å². The fourth-order valence-electron chi connectivity index (χ4n) is 3.63. The van der Waals surface area contributed by atoms with Gasteiger partial charge in [0.05, 0.1) is 6.61 Å². The normalized spacial score (nSPS) is 14.2. The zero-order valence-corrected chi connectivity index (χ0v) is 17.5. The van der Waals surface area contributed by atoms with Crippen LogP contribution in [0.5, 0.6) is 0 Å². The molecular formula is C24H27NO2S. The molecule has 0 amide bonds. The Morgan fingerprint density at radius 1 is 1.07 bits per heavy atom. The predicted octanol–water partition coefficient (Wildman–Crippen LogP) is 6.08. The number of ether oxygens (including phenoxy) is 1. The van der Waals surface area contributed by atoms with Gasteiger partial charge in [-0.15, -0.1) is 11.3 Å². The Kier molecular flexibility index (Phi) is 6.99. The molecule has 3 rings (SSSR count). The molecule has 0 radical (unpaired) electrons. The lowest BCUT2D eigenvalue weighted by Gasteiger charge is -2.28. The van der Waals surface area contributed by atoms with Crippen molar-refractivity contribution in [3.05, 3.63) is 87.9 Å². The summed E-state index contributed by atoms with van der Waals surface area (Å²) in [6.45, 7) is 6.56. The molecule has 2 aromatic carbocycles. The van der Waals surface area contributed by atoms with Gasteiger partial charge in [0.15, 0.2) is 0 Å². The van der Waals surface area contributed by atoms with Gasteiger partial charge in [0.25, 0.3) is 0 Å². The second-order valence-electron chi connectivity index (χ2n) is 7.13. The van der Waals surface area contributed by atoms with E-state index in [1.165, 1.54) is 28.0 Å². The average Bonchev–Trinajstić information content (AvgIpc) is 3.24. The SMILES string of the molecule is CCOC(=O)C(CC(c1ccc(C)cc1)C(C)c1ccccc1)c1nccs1. The fourth-order valence-corrected chi connectivity index (χ4v) is 4.37. The molecular weight excluding hydrogens is 366 g/mol. The summed E-state index contributed by atoms with van der Waals surface area (Å²) in [5.41, 5.74) is 3.75. The molecule has 28 heavy (non-hydrogen) atoms. The van der Waals surface area contributed by atoms with E-state index < -0.39 is 0 Å². The molecule has 3 unspecified atom stereocenters. The van der Waals surface area contributed by atoms with Crippen LogP contribution in [0.1, 0.15) is 59.7 Å². The van der Waals surface area contributed by atoms with Crippen molar-refractivity contribution in [2.45, 2.75) is 44.9 Å². The van der Waals surface area contributed by atoms with Gasteiger partial charge in [-0.05, 0) is 43.2 Å². The van der Waals surface area contributed by atoms with Gasteiger partial charge in [-0.25, -0.2) is 4.98 Å². The third-order valence-corrected chi connectivity index (χ3v) is 6.13. The van der Waals surface area contributed by atoms with Crippen LogP contribution < -0.4 is 0 Å². The summed E-state index contributed by atoms with van der Waals surface area (Å²) in [4.78, 5) is 17.2. The summed E-state index contributed by atoms with van der Waals surface area (Å²) in [6.07, 6.45) is 2.43. The Balaban J connectivity index is 1.97. The van der Waals surface area contributed by atoms with Crippen LogP contribution in [0.4, 0.5) is 0 Å². The minimum atomic E-state index is -0.350. The Morgan fingerprint density at radius 3 is 2.39 bits per heavy atom. The summed E-state index contributed by atoms with van der Waals surface area (Å²) in [5.74, 6) is -0.0886. The van der Waals surface area contributed by atoms with E-state index in [1.807, 2.05) is 18.4 Å². The number of carbonyl (C=O) groups excluding carboxylic acids is 1. The van der Waals surface area contributed by atoms with Crippen molar-refractivity contribution in [3.63, 3.8) is 0 Å². The van der Waals surface area contributed by atoms with E-state index in [4.69, 9.17) is 4.74 Å². The maximum absolute atomic E-state index is 12.8. The van der Waals surface area contributed by atoms with Gasteiger partial charge in [-0.2, -0.15) is 0 Å². The summed E-state index contributed by atoms with van der Waals surface area (Å²) in [6, 6.07) is 19.2. The van der Waals surface area contributed by atoms with Crippen LogP contribution in [0, 0.1) is 6.92 Å². The first-order valence-corrected chi connectivity index (χ1v) is 10.7. The minimum Gasteiger partial charge on any atom is -0.465 e. The Hall–Kier alpha value is -2.46. The highest BCUT2D eigenvalue weighted by Crippen LogP contribution is 2.41. The fraction of sp³-hybridized carbons (Fsp3) is 0.333. The van der Waals surface area contributed by atoms with Crippen LogP contribution in [-0.4, -0.2) is 17.6 Å². The lowest BCUT2D eigenvalue weighted by Crippen LogP contribution is -2.21. The molecule has 0 bridgehead atoms. The zero-order valence-electron chi connectivity index (χ0n) is 16.7. The van der Waals surface area contributed by atoms with Crippen LogP contribution in [-0.2, 0) is 9.53 Å². The number of hydrogen-bond acceptors (Lipinski definition) is 4. The number of aryl methyl sites for hydroxylation is 1. The Bertz CT molecular complexity index is 859. The zero-order chi connectivity index (χ0) is 19.9. The predicted molar refractivity (Wildman–Crippen MR) is 115 cm³/mol. The van der Waals surface area contributed by atoms with Crippen molar-refractivity contribution in [1.29, 1.82) is 0 Å². The highest BCUT2D eigenvalue weighted by Gasteiger charge is 2.31. The average molecular weight is 394 g/mol. The standard InChI is InChI=1S/C24H27NO2S/c1-4-27-24(26)22(23-25-14-15-28-23)16-21(20-12-10-17(2)11-13-20)18(3)19-8-6-5-7-9-19/h5-15,18,21-22H,4,16H2,1-3H3. The van der Waals surface area contributed by atoms with E-state index in [-0.39, 0.29) is 23.7 Å². The largest absolute Gasteiger partial charge is 0.465 e. The third kappa shape index (κ3) is 4.87. The smallest absolute Gasteiger partial charge is 0.315 e. The van der Waals surface area contributed by atoms with Crippen molar-refractivity contribution < 1.29 is 9.53 Å². The molecule has 0 spiro atoms. The van der Waals surface area contributed by atoms with Gasteiger partial charge < -0.3 is 4.74 Å². The highest BCUT2D eigenvalue weighted by molar-refractivity contribution is 7.09. The first kappa shape index (κ1) is 20.3. The van der Waals surface area contributed by atoms with Crippen LogP contribution in [0.3, 0.4) is 0 Å². The first-order valence-electron chi connectivity index (χ1n) is 9.77. The minimum absolute atomic E-state index is 0.182. The van der Waals surface area contributed by atoms with E-state index in [2.05, 4.69) is 67.4 Å². The molecule has 3 aromatic rings. The molecule has 0 saturated carbocycles. The molecule has 0 aliphatic carbocycles. The highest BCUT2D eigenvalue weighted by atomic mass is 32.1. The summed E-state index contributed by atoms with van der Waals surface area (Å²) in [7, 11) is 0. The van der Waals surface area contributed by atoms with E-state index in [9.17, 15) is 4.79 Å². The molecule has 3 nitrogen and oxygen atoms in total. The molecule has 0 N–H and O–H groups in total. The Labute approximate surface area is 171 Å². The van der Waals surface area contributed by atoms with Crippen molar-refractivity contribution >= 4 is 17.3 Å². The molecule has 4 heteroatoms. The number of hydrogen-bond donors (Lipinski definition) is 0. The molecule has 0 aliphatic rings. The maximum Gasteiger partial charge on any atom is 0.315 e. The number of thiazole rings is 1. The lowest BCUT2D eigenvalue weighted by molar-refractivity contribution is -0.145. The van der Waals surface area contributed by atoms with Crippen LogP contribution >= 0.6 is 11.3 Å². The number of rotatable bonds is 8. The van der Waals surface area contributed by atoms with E-state index >= 15 is 0 Å². The molecule has 1 aromatic heterocycles. The Morgan fingerprint density at radius 2 is 1.79 bits per heavy atom. The molecule has 1 heterocycles. The number of carbonyl (C=O) groups is 1. The second kappa shape index (κ2) is 9.65. The number of nitrogens with zero attached hydrogens (tertiary/aromatic N) is 1. The number of benzene rings is 2. The van der Waals surface area contributed by atoms with E-state index in [1.54, 1.807) is 6.20 Å². The van der Waals surface area contributed by atoms with Crippen molar-refractivity contribution in [3.8, 4) is 0 Å². The van der Waals surface area contributed by atoms with Gasteiger partial charge in [0.2, 0.25) is 0 Å². The van der Waals surface area contributed by atoms with Crippen molar-refractivity contribution in [1.82, 2.24) is 4.98 Å². The number of esters is 1. The summed E-state index contributed by atoms with van der Waals surface area (Å²) < 4.78 is 5.40. The second-order valence-corrected chi connectivity index (χ2v) is 8.05. The molecule has 0 aliphatic heterocycles. The number of aromatic nitrogens is 1. The van der Waals surface area contributed by atoms with Crippen LogP contribution in [0.2, 0.25) is 0 Å². The van der Waals surface area contributed by atoms with Crippen molar-refractivity contribution in [2.24, 2.45) is 0 Å². The molecule has 146 valence electrons. The summed E-state index contributed by atoms with van der Waals surface area (Å²) in [5, 5.41) is 2.75. The molecule has 3 atom stereocenters. The summed E-state index contributed by atoms with van der Waals surface area (Å²) >= 11 is 1.52. The maximum atomic E-state index is 12.8. The monoisotopic (exact) mass is 393 g/mol. The van der Waals surface area contributed by atoms with E-state index in [0.717, 1.165) is 5.01 Å². The van der Waals surface area contributed by atoms with E-state index in [0.29, 0.717) is 13.0 Å². The molecule has 0 saturated heterocycles. The van der Waals surface area contributed by atoms with Gasteiger partial charge in [0, 0.05) is 11.6 Å². The third-order valence-electron chi connectivity index (χ3n) is 5.24. The lowest BCUT2D eigenvalue weighted by atomic mass is 9.77. The van der Waals surface area contributed by atoms with Gasteiger partial charge in [0.1, 0.15) is 10.9 Å².